The topological polar surface area (TPSA) is 69.6 Å². The maximum absolute atomic E-state index is 10.8. The van der Waals surface area contributed by atoms with Crippen molar-refractivity contribution in [3.05, 3.63) is 21.9 Å². The SMILES string of the molecule is CC1(C)CCC(O)(CNCc2ccc(C(=O)O)s2)CC1. The number of carbonyl (C=O) groups is 1. The van der Waals surface area contributed by atoms with Crippen LogP contribution in [0.3, 0.4) is 0 Å². The van der Waals surface area contributed by atoms with Crippen LogP contribution in [0.25, 0.3) is 0 Å². The van der Waals surface area contributed by atoms with Crippen molar-refractivity contribution >= 4 is 17.3 Å². The molecule has 4 nitrogen and oxygen atoms in total. The standard InChI is InChI=1S/C15H23NO3S/c1-14(2)5-7-15(19,8-6-14)10-16-9-11-3-4-12(20-11)13(17)18/h3-4,16,19H,5-10H2,1-2H3,(H,17,18). The average Bonchev–Trinajstić information content (AvgIpc) is 2.83. The molecule has 5 heteroatoms. The number of nitrogens with one attached hydrogen (secondary N) is 1. The van der Waals surface area contributed by atoms with Crippen LogP contribution in [0, 0.1) is 5.41 Å². The second-order valence-electron chi connectivity index (χ2n) is 6.56. The van der Waals surface area contributed by atoms with Gasteiger partial charge in [0.1, 0.15) is 4.88 Å². The summed E-state index contributed by atoms with van der Waals surface area (Å²) in [7, 11) is 0. The predicted molar refractivity (Wildman–Crippen MR) is 80.2 cm³/mol. The van der Waals surface area contributed by atoms with E-state index in [1.165, 1.54) is 11.3 Å². The van der Waals surface area contributed by atoms with E-state index in [1.54, 1.807) is 6.07 Å². The van der Waals surface area contributed by atoms with E-state index in [0.717, 1.165) is 30.6 Å². The maximum atomic E-state index is 10.8. The predicted octanol–water partition coefficient (Wildman–Crippen LogP) is 2.87. The Hall–Kier alpha value is -0.910. The molecule has 1 aliphatic rings. The van der Waals surface area contributed by atoms with Crippen LogP contribution in [0.4, 0.5) is 0 Å². The number of carboxylic acid groups (broad SMARTS) is 1. The van der Waals surface area contributed by atoms with Crippen molar-refractivity contribution in [3.8, 4) is 0 Å². The summed E-state index contributed by atoms with van der Waals surface area (Å²) in [5, 5.41) is 22.6. The quantitative estimate of drug-likeness (QED) is 0.781. The van der Waals surface area contributed by atoms with Gasteiger partial charge in [0.2, 0.25) is 0 Å². The molecule has 0 spiro atoms. The van der Waals surface area contributed by atoms with Gasteiger partial charge in [-0.05, 0) is 43.2 Å². The normalized spacial score (nSPS) is 20.8. The summed E-state index contributed by atoms with van der Waals surface area (Å²) in [5.74, 6) is -0.880. The van der Waals surface area contributed by atoms with Gasteiger partial charge in [0.25, 0.3) is 0 Å². The lowest BCUT2D eigenvalue weighted by molar-refractivity contribution is -0.0244. The van der Waals surface area contributed by atoms with Gasteiger partial charge in [-0.1, -0.05) is 13.8 Å². The molecule has 1 aromatic heterocycles. The lowest BCUT2D eigenvalue weighted by Gasteiger charge is -2.40. The zero-order valence-corrected chi connectivity index (χ0v) is 12.9. The molecule has 0 aliphatic heterocycles. The lowest BCUT2D eigenvalue weighted by atomic mass is 9.71. The molecular weight excluding hydrogens is 274 g/mol. The molecular formula is C15H23NO3S. The van der Waals surface area contributed by atoms with Crippen LogP contribution in [0.2, 0.25) is 0 Å². The molecule has 0 unspecified atom stereocenters. The highest BCUT2D eigenvalue weighted by atomic mass is 32.1. The van der Waals surface area contributed by atoms with Crippen LogP contribution in [0.15, 0.2) is 12.1 Å². The van der Waals surface area contributed by atoms with E-state index in [4.69, 9.17) is 5.11 Å². The van der Waals surface area contributed by atoms with Crippen LogP contribution >= 0.6 is 11.3 Å². The van der Waals surface area contributed by atoms with Crippen molar-refractivity contribution in [1.29, 1.82) is 0 Å². The first-order chi connectivity index (χ1) is 9.30. The molecule has 3 N–H and O–H groups in total. The number of hydrogen-bond donors (Lipinski definition) is 3. The van der Waals surface area contributed by atoms with Gasteiger partial charge in [0.15, 0.2) is 0 Å². The molecule has 0 aromatic carbocycles. The van der Waals surface area contributed by atoms with Crippen molar-refractivity contribution < 1.29 is 15.0 Å². The van der Waals surface area contributed by atoms with E-state index in [-0.39, 0.29) is 0 Å². The largest absolute Gasteiger partial charge is 0.477 e. The Morgan fingerprint density at radius 2 is 1.95 bits per heavy atom. The Labute approximate surface area is 123 Å². The third-order valence-electron chi connectivity index (χ3n) is 4.16. The van der Waals surface area contributed by atoms with Crippen molar-refractivity contribution in [3.63, 3.8) is 0 Å². The summed E-state index contributed by atoms with van der Waals surface area (Å²) in [6.07, 6.45) is 3.76. The summed E-state index contributed by atoms with van der Waals surface area (Å²) in [5.41, 5.74) is -0.265. The number of carboxylic acids is 1. The monoisotopic (exact) mass is 297 g/mol. The Kier molecular flexibility index (Phi) is 4.52. The number of rotatable bonds is 5. The zero-order chi connectivity index (χ0) is 14.8. The molecule has 0 amide bonds. The summed E-state index contributed by atoms with van der Waals surface area (Å²) >= 11 is 1.28. The Morgan fingerprint density at radius 1 is 1.30 bits per heavy atom. The van der Waals surface area contributed by atoms with Gasteiger partial charge in [-0.15, -0.1) is 11.3 Å². The third kappa shape index (κ3) is 4.04. The van der Waals surface area contributed by atoms with Gasteiger partial charge in [0.05, 0.1) is 5.60 Å². The average molecular weight is 297 g/mol. The summed E-state index contributed by atoms with van der Waals surface area (Å²) < 4.78 is 0. The number of aromatic carboxylic acids is 1. The first kappa shape index (κ1) is 15.5. The number of aliphatic hydroxyl groups is 1. The molecule has 2 rings (SSSR count). The van der Waals surface area contributed by atoms with E-state index < -0.39 is 11.6 Å². The molecule has 0 bridgehead atoms. The molecule has 0 radical (unpaired) electrons. The van der Waals surface area contributed by atoms with E-state index in [9.17, 15) is 9.90 Å². The van der Waals surface area contributed by atoms with Crippen LogP contribution in [-0.2, 0) is 6.54 Å². The molecule has 1 heterocycles. The highest BCUT2D eigenvalue weighted by Gasteiger charge is 2.36. The molecule has 112 valence electrons. The van der Waals surface area contributed by atoms with Crippen LogP contribution in [-0.4, -0.2) is 28.3 Å². The molecule has 1 aromatic rings. The molecule has 0 saturated heterocycles. The van der Waals surface area contributed by atoms with Crippen LogP contribution in [0.1, 0.15) is 54.1 Å². The van der Waals surface area contributed by atoms with Gasteiger partial charge in [-0.2, -0.15) is 0 Å². The maximum Gasteiger partial charge on any atom is 0.345 e. The minimum Gasteiger partial charge on any atom is -0.477 e. The second-order valence-corrected chi connectivity index (χ2v) is 7.73. The molecule has 20 heavy (non-hydrogen) atoms. The first-order valence-electron chi connectivity index (χ1n) is 7.05. The third-order valence-corrected chi connectivity index (χ3v) is 5.23. The van der Waals surface area contributed by atoms with Gasteiger partial charge >= 0.3 is 5.97 Å². The van der Waals surface area contributed by atoms with Crippen molar-refractivity contribution in [2.45, 2.75) is 51.7 Å². The van der Waals surface area contributed by atoms with E-state index in [2.05, 4.69) is 19.2 Å². The molecule has 1 saturated carbocycles. The number of hydrogen-bond acceptors (Lipinski definition) is 4. The highest BCUT2D eigenvalue weighted by molar-refractivity contribution is 7.13. The van der Waals surface area contributed by atoms with Gasteiger partial charge in [0, 0.05) is 18.0 Å². The van der Waals surface area contributed by atoms with Gasteiger partial charge in [-0.25, -0.2) is 4.79 Å². The molecule has 1 fully saturated rings. The van der Waals surface area contributed by atoms with Crippen molar-refractivity contribution in [2.24, 2.45) is 5.41 Å². The molecule has 0 atom stereocenters. The summed E-state index contributed by atoms with van der Waals surface area (Å²) in [4.78, 5) is 12.1. The second kappa shape index (κ2) is 5.84. The molecule has 1 aliphatic carbocycles. The van der Waals surface area contributed by atoms with Gasteiger partial charge in [-0.3, -0.25) is 0 Å². The fourth-order valence-corrected chi connectivity index (χ4v) is 3.39. The van der Waals surface area contributed by atoms with Gasteiger partial charge < -0.3 is 15.5 Å². The first-order valence-corrected chi connectivity index (χ1v) is 7.87. The Balaban J connectivity index is 1.79. The minimum absolute atomic E-state index is 0.344. The van der Waals surface area contributed by atoms with E-state index in [1.807, 2.05) is 6.07 Å². The van der Waals surface area contributed by atoms with Crippen molar-refractivity contribution in [2.75, 3.05) is 6.54 Å². The highest BCUT2D eigenvalue weighted by Crippen LogP contribution is 2.39. The smallest absolute Gasteiger partial charge is 0.345 e. The van der Waals surface area contributed by atoms with E-state index >= 15 is 0 Å². The minimum atomic E-state index is -0.880. The fraction of sp³-hybridized carbons (Fsp3) is 0.667. The summed E-state index contributed by atoms with van der Waals surface area (Å²) in [6.45, 7) is 5.69. The van der Waals surface area contributed by atoms with E-state index in [0.29, 0.717) is 23.4 Å². The zero-order valence-electron chi connectivity index (χ0n) is 12.1. The Bertz CT molecular complexity index is 471. The number of thiophene rings is 1. The van der Waals surface area contributed by atoms with Crippen LogP contribution in [0.5, 0.6) is 0 Å². The Morgan fingerprint density at radius 3 is 2.50 bits per heavy atom. The summed E-state index contributed by atoms with van der Waals surface area (Å²) in [6, 6.07) is 3.46. The fourth-order valence-electron chi connectivity index (χ4n) is 2.58. The lowest BCUT2D eigenvalue weighted by Crippen LogP contribution is -2.44. The van der Waals surface area contributed by atoms with Crippen LogP contribution < -0.4 is 5.32 Å². The van der Waals surface area contributed by atoms with Crippen molar-refractivity contribution in [1.82, 2.24) is 5.32 Å².